The molecular weight excluding hydrogens is 316 g/mol. The number of rotatable bonds is 5. The Morgan fingerprint density at radius 2 is 1.88 bits per heavy atom. The predicted molar refractivity (Wildman–Crippen MR) is 95.0 cm³/mol. The summed E-state index contributed by atoms with van der Waals surface area (Å²) in [5.41, 5.74) is 2.80. The molecule has 0 aromatic carbocycles. The van der Waals surface area contributed by atoms with E-state index in [2.05, 4.69) is 30.2 Å². The maximum absolute atomic E-state index is 10.9. The van der Waals surface area contributed by atoms with Crippen molar-refractivity contribution in [2.75, 3.05) is 18.0 Å². The lowest BCUT2D eigenvalue weighted by molar-refractivity contribution is -0.119. The third-order valence-corrected chi connectivity index (χ3v) is 4.50. The highest BCUT2D eigenvalue weighted by Crippen LogP contribution is 2.24. The lowest BCUT2D eigenvalue weighted by Gasteiger charge is -2.32. The maximum atomic E-state index is 10.9. The van der Waals surface area contributed by atoms with Gasteiger partial charge < -0.3 is 10.2 Å². The van der Waals surface area contributed by atoms with Crippen molar-refractivity contribution in [1.29, 1.82) is 0 Å². The van der Waals surface area contributed by atoms with E-state index in [0.29, 0.717) is 12.5 Å². The Balaban J connectivity index is 1.49. The third kappa shape index (κ3) is 4.95. The number of carbonyl (C=O) groups is 1. The molecule has 1 aliphatic rings. The van der Waals surface area contributed by atoms with Crippen LogP contribution in [0.15, 0.2) is 24.8 Å². The van der Waals surface area contributed by atoms with E-state index in [1.165, 1.54) is 6.92 Å². The first-order chi connectivity index (χ1) is 12.1. The molecule has 1 amide bonds. The Hall–Kier alpha value is -2.57. The minimum Gasteiger partial charge on any atom is -0.356 e. The van der Waals surface area contributed by atoms with Crippen molar-refractivity contribution < 1.29 is 4.79 Å². The highest BCUT2D eigenvalue weighted by Gasteiger charge is 2.21. The monoisotopic (exact) mass is 340 g/mol. The molecule has 0 spiro atoms. The van der Waals surface area contributed by atoms with Crippen LogP contribution < -0.4 is 10.2 Å². The van der Waals surface area contributed by atoms with Crippen LogP contribution in [-0.2, 0) is 17.8 Å². The van der Waals surface area contributed by atoms with E-state index < -0.39 is 0 Å². The van der Waals surface area contributed by atoms with Crippen LogP contribution in [0.2, 0.25) is 0 Å². The maximum Gasteiger partial charge on any atom is 0.217 e. The molecule has 0 bridgehead atoms. The van der Waals surface area contributed by atoms with Crippen molar-refractivity contribution in [2.45, 2.75) is 39.7 Å². The van der Waals surface area contributed by atoms with Gasteiger partial charge in [-0.15, -0.1) is 0 Å². The fraction of sp³-hybridized carbons (Fsp3) is 0.500. The van der Waals surface area contributed by atoms with Crippen molar-refractivity contribution in [3.8, 4) is 0 Å². The lowest BCUT2D eigenvalue weighted by atomic mass is 9.92. The molecule has 7 heteroatoms. The molecule has 1 fully saturated rings. The van der Waals surface area contributed by atoms with Gasteiger partial charge in [-0.05, 0) is 32.1 Å². The molecule has 0 aliphatic carbocycles. The molecule has 3 heterocycles. The van der Waals surface area contributed by atoms with Gasteiger partial charge in [-0.25, -0.2) is 9.97 Å². The van der Waals surface area contributed by atoms with Gasteiger partial charge in [0.1, 0.15) is 12.1 Å². The van der Waals surface area contributed by atoms with Crippen LogP contribution in [0.5, 0.6) is 0 Å². The molecule has 2 aromatic rings. The summed E-state index contributed by atoms with van der Waals surface area (Å²) in [5.74, 6) is 1.58. The molecule has 1 saturated heterocycles. The fourth-order valence-corrected chi connectivity index (χ4v) is 3.07. The van der Waals surface area contributed by atoms with Crippen LogP contribution >= 0.6 is 0 Å². The predicted octanol–water partition coefficient (Wildman–Crippen LogP) is 1.67. The van der Waals surface area contributed by atoms with Gasteiger partial charge in [0.15, 0.2) is 0 Å². The largest absolute Gasteiger partial charge is 0.356 e. The van der Waals surface area contributed by atoms with Crippen molar-refractivity contribution >= 4 is 11.7 Å². The summed E-state index contributed by atoms with van der Waals surface area (Å²) >= 11 is 0. The SMILES string of the molecule is CC(=O)NCc1cnc(CC2CCN(c3cc(C)ncn3)CC2)cn1. The summed E-state index contributed by atoms with van der Waals surface area (Å²) in [6, 6.07) is 2.04. The fourth-order valence-electron chi connectivity index (χ4n) is 3.07. The molecule has 1 N–H and O–H groups in total. The van der Waals surface area contributed by atoms with E-state index in [1.54, 1.807) is 12.5 Å². The van der Waals surface area contributed by atoms with Gasteiger partial charge in [0.25, 0.3) is 0 Å². The molecule has 132 valence electrons. The zero-order valence-corrected chi connectivity index (χ0v) is 14.8. The molecular formula is C18H24N6O. The summed E-state index contributed by atoms with van der Waals surface area (Å²) in [6.07, 6.45) is 8.41. The normalized spacial score (nSPS) is 15.2. The molecule has 0 atom stereocenters. The summed E-state index contributed by atoms with van der Waals surface area (Å²) in [6.45, 7) is 5.94. The van der Waals surface area contributed by atoms with Crippen molar-refractivity contribution in [3.05, 3.63) is 41.9 Å². The number of anilines is 1. The Morgan fingerprint density at radius 3 is 2.52 bits per heavy atom. The zero-order valence-electron chi connectivity index (χ0n) is 14.8. The van der Waals surface area contributed by atoms with E-state index in [0.717, 1.165) is 55.3 Å². The van der Waals surface area contributed by atoms with Crippen LogP contribution in [0.4, 0.5) is 5.82 Å². The second kappa shape index (κ2) is 8.00. The van der Waals surface area contributed by atoms with Crippen molar-refractivity contribution in [1.82, 2.24) is 25.3 Å². The van der Waals surface area contributed by atoms with Gasteiger partial charge >= 0.3 is 0 Å². The highest BCUT2D eigenvalue weighted by molar-refractivity contribution is 5.72. The average molecular weight is 340 g/mol. The van der Waals surface area contributed by atoms with Crippen molar-refractivity contribution in [3.63, 3.8) is 0 Å². The van der Waals surface area contributed by atoms with Crippen LogP contribution in [0.3, 0.4) is 0 Å². The minimum absolute atomic E-state index is 0.0588. The molecule has 0 radical (unpaired) electrons. The standard InChI is InChI=1S/C18H24N6O/c1-13-7-18(23-12-22-13)24-5-3-15(4-6-24)8-16-9-21-17(11-20-16)10-19-14(2)25/h7,9,11-12,15H,3-6,8,10H2,1-2H3,(H,19,25). The number of piperidine rings is 1. The lowest BCUT2D eigenvalue weighted by Crippen LogP contribution is -2.35. The smallest absolute Gasteiger partial charge is 0.217 e. The first kappa shape index (κ1) is 17.3. The molecule has 7 nitrogen and oxygen atoms in total. The van der Waals surface area contributed by atoms with E-state index in [1.807, 2.05) is 19.2 Å². The van der Waals surface area contributed by atoms with Crippen LogP contribution in [0.25, 0.3) is 0 Å². The average Bonchev–Trinajstić information content (AvgIpc) is 2.62. The molecule has 2 aromatic heterocycles. The third-order valence-electron chi connectivity index (χ3n) is 4.50. The summed E-state index contributed by atoms with van der Waals surface area (Å²) in [7, 11) is 0. The number of nitrogens with one attached hydrogen (secondary N) is 1. The highest BCUT2D eigenvalue weighted by atomic mass is 16.1. The minimum atomic E-state index is -0.0588. The zero-order chi connectivity index (χ0) is 17.6. The van der Waals surface area contributed by atoms with E-state index in [4.69, 9.17) is 0 Å². The van der Waals surface area contributed by atoms with Crippen molar-refractivity contribution in [2.24, 2.45) is 5.92 Å². The van der Waals surface area contributed by atoms with Gasteiger partial charge in [0.05, 0.1) is 24.1 Å². The first-order valence-corrected chi connectivity index (χ1v) is 8.68. The summed E-state index contributed by atoms with van der Waals surface area (Å²) in [5, 5.41) is 2.73. The molecule has 0 saturated carbocycles. The number of hydrogen-bond acceptors (Lipinski definition) is 6. The quantitative estimate of drug-likeness (QED) is 0.891. The number of hydrogen-bond donors (Lipinski definition) is 1. The Bertz CT molecular complexity index is 710. The van der Waals surface area contributed by atoms with Crippen LogP contribution in [0, 0.1) is 12.8 Å². The van der Waals surface area contributed by atoms with Crippen LogP contribution in [0.1, 0.15) is 36.8 Å². The molecule has 3 rings (SSSR count). The number of carbonyl (C=O) groups excluding carboxylic acids is 1. The number of nitrogens with zero attached hydrogens (tertiary/aromatic N) is 5. The second-order valence-electron chi connectivity index (χ2n) is 6.56. The van der Waals surface area contributed by atoms with E-state index in [9.17, 15) is 4.79 Å². The Labute approximate surface area is 147 Å². The number of amides is 1. The van der Waals surface area contributed by atoms with Gasteiger partial charge in [0.2, 0.25) is 5.91 Å². The summed E-state index contributed by atoms with van der Waals surface area (Å²) in [4.78, 5) is 30.7. The van der Waals surface area contributed by atoms with E-state index in [-0.39, 0.29) is 5.91 Å². The van der Waals surface area contributed by atoms with E-state index >= 15 is 0 Å². The number of aromatic nitrogens is 4. The van der Waals surface area contributed by atoms with Gasteiger partial charge in [-0.3, -0.25) is 14.8 Å². The van der Waals surface area contributed by atoms with Gasteiger partial charge in [-0.1, -0.05) is 0 Å². The molecule has 0 unspecified atom stereocenters. The molecule has 25 heavy (non-hydrogen) atoms. The summed E-state index contributed by atoms with van der Waals surface area (Å²) < 4.78 is 0. The number of aryl methyl sites for hydroxylation is 1. The molecule has 1 aliphatic heterocycles. The second-order valence-corrected chi connectivity index (χ2v) is 6.56. The topological polar surface area (TPSA) is 83.9 Å². The van der Waals surface area contributed by atoms with Crippen LogP contribution in [-0.4, -0.2) is 38.9 Å². The van der Waals surface area contributed by atoms with Gasteiger partial charge in [-0.2, -0.15) is 0 Å². The first-order valence-electron chi connectivity index (χ1n) is 8.68. The Morgan fingerprint density at radius 1 is 1.16 bits per heavy atom. The van der Waals surface area contributed by atoms with Gasteiger partial charge in [0, 0.05) is 38.0 Å². The Kier molecular flexibility index (Phi) is 5.53.